The summed E-state index contributed by atoms with van der Waals surface area (Å²) in [4.78, 5) is 0. The Kier molecular flexibility index (Phi) is 10.2. The molecule has 0 aromatic heterocycles. The summed E-state index contributed by atoms with van der Waals surface area (Å²) in [5.41, 5.74) is 2.30. The van der Waals surface area contributed by atoms with E-state index in [0.717, 1.165) is 5.56 Å². The van der Waals surface area contributed by atoms with Gasteiger partial charge in [0.15, 0.2) is 0 Å². The molecule has 0 aliphatic rings. The molecule has 0 amide bonds. The van der Waals surface area contributed by atoms with Crippen LogP contribution in [0, 0.1) is 0 Å². The highest BCUT2D eigenvalue weighted by Crippen LogP contribution is 1.94. The van der Waals surface area contributed by atoms with Gasteiger partial charge >= 0.3 is 0 Å². The van der Waals surface area contributed by atoms with Crippen LogP contribution in [0.1, 0.15) is 5.56 Å². The molecule has 0 spiro atoms. The summed E-state index contributed by atoms with van der Waals surface area (Å²) in [6.07, 6.45) is 0. The molecule has 0 aliphatic carbocycles. The fourth-order valence-electron chi connectivity index (χ4n) is 1.000. The molecule has 0 radical (unpaired) electrons. The molecule has 1 rings (SSSR count). The molecule has 92 valence electrons. The summed E-state index contributed by atoms with van der Waals surface area (Å²) in [6, 6.07) is 7.98. The van der Waals surface area contributed by atoms with Crippen molar-refractivity contribution in [1.82, 2.24) is 5.32 Å². The third-order valence-corrected chi connectivity index (χ3v) is 2.06. The third-order valence-electron chi connectivity index (χ3n) is 1.72. The van der Waals surface area contributed by atoms with Gasteiger partial charge in [0.05, 0.1) is 0 Å². The molecule has 5 N–H and O–H groups in total. The number of rotatable bonds is 5. The van der Waals surface area contributed by atoms with E-state index in [4.69, 9.17) is 0 Å². The number of thiol groups is 1. The molecule has 0 bridgehead atoms. The Morgan fingerprint density at radius 1 is 1.19 bits per heavy atom. The fourth-order valence-corrected chi connectivity index (χ4v) is 1.20. The van der Waals surface area contributed by atoms with E-state index < -0.39 is 11.0 Å². The SMILES string of the molecule is Bc1ccc(CNCO[SH](=O)=O)cc1.O.O. The molecule has 6 nitrogen and oxygen atoms in total. The van der Waals surface area contributed by atoms with E-state index in [0.29, 0.717) is 6.54 Å². The number of hydrogen-bond acceptors (Lipinski definition) is 4. The number of nitrogens with one attached hydrogen (secondary N) is 1. The minimum Gasteiger partial charge on any atom is -0.412 e. The highest BCUT2D eigenvalue weighted by atomic mass is 32.2. The molecule has 0 aliphatic heterocycles. The van der Waals surface area contributed by atoms with Crippen molar-refractivity contribution in [2.75, 3.05) is 6.73 Å². The molecular formula is C8H16BNO5S. The van der Waals surface area contributed by atoms with Crippen molar-refractivity contribution in [2.45, 2.75) is 6.54 Å². The normalized spacial score (nSPS) is 9.31. The van der Waals surface area contributed by atoms with Crippen molar-refractivity contribution < 1.29 is 23.6 Å². The van der Waals surface area contributed by atoms with Gasteiger partial charge in [0, 0.05) is 6.54 Å². The molecule has 8 heteroatoms. The molecule has 0 fully saturated rings. The maximum atomic E-state index is 10.0. The molecular weight excluding hydrogens is 233 g/mol. The van der Waals surface area contributed by atoms with E-state index in [1.807, 2.05) is 32.1 Å². The van der Waals surface area contributed by atoms with Gasteiger partial charge in [-0.1, -0.05) is 29.7 Å². The summed E-state index contributed by atoms with van der Waals surface area (Å²) in [5.74, 6) is 0. The van der Waals surface area contributed by atoms with Gasteiger partial charge in [0.1, 0.15) is 14.6 Å². The maximum Gasteiger partial charge on any atom is 0.258 e. The van der Waals surface area contributed by atoms with Crippen molar-refractivity contribution in [1.29, 1.82) is 0 Å². The number of benzene rings is 1. The van der Waals surface area contributed by atoms with Crippen molar-refractivity contribution in [3.8, 4) is 0 Å². The summed E-state index contributed by atoms with van der Waals surface area (Å²) in [6.45, 7) is 0.621. The first-order valence-electron chi connectivity index (χ1n) is 4.22. The van der Waals surface area contributed by atoms with Crippen LogP contribution in [0.3, 0.4) is 0 Å². The second kappa shape index (κ2) is 9.31. The Hall–Kier alpha value is -0.925. The molecule has 0 unspecified atom stereocenters. The minimum absolute atomic E-state index is 0. The average molecular weight is 249 g/mol. The van der Waals surface area contributed by atoms with Crippen LogP contribution < -0.4 is 10.8 Å². The third kappa shape index (κ3) is 7.38. The topological polar surface area (TPSA) is 118 Å². The standard InChI is InChI=1S/C8H12BNO3S.2H2O/c9-8-3-1-7(2-4-8)5-10-6-13-14(11)12;;/h1-4,10,14H,5-6,9H2;2*1H2. The van der Waals surface area contributed by atoms with Crippen LogP contribution in [0.5, 0.6) is 0 Å². The molecule has 0 saturated carbocycles. The van der Waals surface area contributed by atoms with Crippen molar-refractivity contribution in [3.05, 3.63) is 29.8 Å². The van der Waals surface area contributed by atoms with E-state index in [1.54, 1.807) is 0 Å². The number of hydrogen-bond donors (Lipinski definition) is 2. The average Bonchev–Trinajstić information content (AvgIpc) is 2.15. The summed E-state index contributed by atoms with van der Waals surface area (Å²) < 4.78 is 24.4. The zero-order valence-corrected chi connectivity index (χ0v) is 9.79. The van der Waals surface area contributed by atoms with E-state index in [-0.39, 0.29) is 17.7 Å². The van der Waals surface area contributed by atoms with Crippen molar-refractivity contribution in [3.63, 3.8) is 0 Å². The van der Waals surface area contributed by atoms with E-state index in [9.17, 15) is 8.42 Å². The van der Waals surface area contributed by atoms with Crippen LogP contribution >= 0.6 is 0 Å². The van der Waals surface area contributed by atoms with Gasteiger partial charge in [-0.2, -0.15) is 0 Å². The predicted molar refractivity (Wildman–Crippen MR) is 65.0 cm³/mol. The van der Waals surface area contributed by atoms with Crippen molar-refractivity contribution >= 4 is 24.3 Å². The lowest BCUT2D eigenvalue weighted by Crippen LogP contribution is -2.17. The Morgan fingerprint density at radius 2 is 1.75 bits per heavy atom. The molecule has 0 saturated heterocycles. The molecule has 16 heavy (non-hydrogen) atoms. The second-order valence-corrected chi connectivity index (χ2v) is 3.61. The first-order chi connectivity index (χ1) is 6.68. The van der Waals surface area contributed by atoms with Crippen LogP contribution in [-0.2, 0) is 21.7 Å². The van der Waals surface area contributed by atoms with Gasteiger partial charge < -0.3 is 11.0 Å². The lowest BCUT2D eigenvalue weighted by Gasteiger charge is -2.02. The molecule has 0 heterocycles. The van der Waals surface area contributed by atoms with E-state index >= 15 is 0 Å². The van der Waals surface area contributed by atoms with E-state index in [2.05, 4.69) is 9.50 Å². The van der Waals surface area contributed by atoms with Crippen LogP contribution in [0.25, 0.3) is 0 Å². The van der Waals surface area contributed by atoms with Gasteiger partial charge in [0.2, 0.25) is 0 Å². The summed E-state index contributed by atoms with van der Waals surface area (Å²) in [5, 5.41) is 2.85. The first kappa shape index (κ1) is 17.5. The van der Waals surface area contributed by atoms with Gasteiger partial charge in [-0.05, 0) is 5.56 Å². The quantitative estimate of drug-likeness (QED) is 0.248. The Balaban J connectivity index is 0. The van der Waals surface area contributed by atoms with Crippen molar-refractivity contribution in [2.24, 2.45) is 0 Å². The monoisotopic (exact) mass is 249 g/mol. The van der Waals surface area contributed by atoms with Gasteiger partial charge in [0.25, 0.3) is 11.0 Å². The summed E-state index contributed by atoms with van der Waals surface area (Å²) >= 11 is 0. The molecule has 1 aromatic rings. The summed E-state index contributed by atoms with van der Waals surface area (Å²) in [7, 11) is -0.732. The maximum absolute atomic E-state index is 10.0. The Bertz CT molecular complexity index is 346. The Labute approximate surface area is 96.8 Å². The van der Waals surface area contributed by atoms with E-state index in [1.165, 1.54) is 5.46 Å². The van der Waals surface area contributed by atoms with Gasteiger partial charge in [-0.15, -0.1) is 0 Å². The van der Waals surface area contributed by atoms with Gasteiger partial charge in [-0.3, -0.25) is 9.50 Å². The van der Waals surface area contributed by atoms with Crippen LogP contribution in [0.15, 0.2) is 24.3 Å². The minimum atomic E-state index is -2.75. The lowest BCUT2D eigenvalue weighted by molar-refractivity contribution is 0.298. The largest absolute Gasteiger partial charge is 0.412 e. The zero-order chi connectivity index (χ0) is 10.4. The molecule has 1 aromatic carbocycles. The highest BCUT2D eigenvalue weighted by Gasteiger charge is 1.92. The first-order valence-corrected chi connectivity index (χ1v) is 5.31. The van der Waals surface area contributed by atoms with Crippen LogP contribution in [0.4, 0.5) is 0 Å². The molecule has 0 atom stereocenters. The smallest absolute Gasteiger partial charge is 0.258 e. The van der Waals surface area contributed by atoms with Gasteiger partial charge in [-0.25, -0.2) is 8.42 Å². The highest BCUT2D eigenvalue weighted by molar-refractivity contribution is 7.67. The Morgan fingerprint density at radius 3 is 2.25 bits per heavy atom. The lowest BCUT2D eigenvalue weighted by atomic mass is 9.95. The predicted octanol–water partition coefficient (Wildman–Crippen LogP) is -3.11. The zero-order valence-electron chi connectivity index (χ0n) is 8.90. The van der Waals surface area contributed by atoms with Crippen LogP contribution in [0.2, 0.25) is 0 Å². The fraction of sp³-hybridized carbons (Fsp3) is 0.250. The second-order valence-electron chi connectivity index (χ2n) is 2.91. The van der Waals surface area contributed by atoms with Crippen LogP contribution in [-0.4, -0.2) is 33.9 Å².